The fourth-order valence-electron chi connectivity index (χ4n) is 3.38. The van der Waals surface area contributed by atoms with Gasteiger partial charge in [-0.2, -0.15) is 10.2 Å². The maximum Gasteiger partial charge on any atom is 0.256 e. The largest absolute Gasteiger partial charge is 0.304 e. The third kappa shape index (κ3) is 5.36. The highest BCUT2D eigenvalue weighted by Gasteiger charge is 2.15. The molecule has 4 aromatic rings. The van der Waals surface area contributed by atoms with E-state index in [4.69, 9.17) is 46.4 Å². The summed E-state index contributed by atoms with van der Waals surface area (Å²) >= 11 is 24.6. The highest BCUT2D eigenvalue weighted by Crippen LogP contribution is 2.25. The van der Waals surface area contributed by atoms with Crippen molar-refractivity contribution in [2.75, 3.05) is 5.32 Å². The summed E-state index contributed by atoms with van der Waals surface area (Å²) < 4.78 is 3.44. The minimum absolute atomic E-state index is 0.275. The summed E-state index contributed by atoms with van der Waals surface area (Å²) in [6, 6.07) is 12.6. The smallest absolute Gasteiger partial charge is 0.256 e. The molecule has 0 saturated heterocycles. The van der Waals surface area contributed by atoms with Gasteiger partial charge in [0.25, 0.3) is 5.91 Å². The number of hydrogen-bond acceptors (Lipinski definition) is 3. The molecule has 0 aliphatic heterocycles. The lowest BCUT2D eigenvalue weighted by atomic mass is 10.1. The van der Waals surface area contributed by atoms with Crippen LogP contribution in [0.4, 0.5) is 5.82 Å². The second kappa shape index (κ2) is 9.77. The molecule has 0 unspecified atom stereocenters. The van der Waals surface area contributed by atoms with Crippen LogP contribution in [0, 0.1) is 13.8 Å². The fraction of sp³-hybridized carbons (Fsp3) is 0.174. The number of aromatic nitrogens is 4. The van der Waals surface area contributed by atoms with Crippen molar-refractivity contribution < 1.29 is 4.79 Å². The number of benzene rings is 2. The van der Waals surface area contributed by atoms with E-state index >= 15 is 0 Å². The van der Waals surface area contributed by atoms with Crippen LogP contribution in [0.1, 0.15) is 32.9 Å². The SMILES string of the molecule is Cc1nn(Cc2cccc(C(=O)Nc3nn(Cc4ccc(Cl)c(Cl)c4)cc3Cl)c2)c(C)c1Cl. The molecule has 0 aliphatic carbocycles. The number of carbonyl (C=O) groups excluding carboxylic acids is 1. The Bertz CT molecular complexity index is 1340. The van der Waals surface area contributed by atoms with Gasteiger partial charge in [0.05, 0.1) is 39.5 Å². The molecule has 0 bridgehead atoms. The fourth-order valence-corrected chi connectivity index (χ4v) is 4.03. The second-order valence-corrected chi connectivity index (χ2v) is 9.17. The lowest BCUT2D eigenvalue weighted by Crippen LogP contribution is -2.14. The lowest BCUT2D eigenvalue weighted by molar-refractivity contribution is 0.102. The van der Waals surface area contributed by atoms with E-state index in [0.29, 0.717) is 38.7 Å². The van der Waals surface area contributed by atoms with Crippen molar-refractivity contribution in [2.24, 2.45) is 0 Å². The zero-order valence-electron chi connectivity index (χ0n) is 17.7. The van der Waals surface area contributed by atoms with E-state index in [1.54, 1.807) is 35.1 Å². The van der Waals surface area contributed by atoms with Gasteiger partial charge in [-0.3, -0.25) is 14.2 Å². The van der Waals surface area contributed by atoms with Gasteiger partial charge in [0.2, 0.25) is 0 Å². The van der Waals surface area contributed by atoms with E-state index in [0.717, 1.165) is 22.5 Å². The Morgan fingerprint density at radius 2 is 1.67 bits per heavy atom. The summed E-state index contributed by atoms with van der Waals surface area (Å²) in [6.07, 6.45) is 1.64. The molecule has 6 nitrogen and oxygen atoms in total. The molecule has 33 heavy (non-hydrogen) atoms. The van der Waals surface area contributed by atoms with Gasteiger partial charge in [0.15, 0.2) is 5.82 Å². The number of nitrogens with one attached hydrogen (secondary N) is 1. The molecule has 2 aromatic heterocycles. The Morgan fingerprint density at radius 1 is 0.909 bits per heavy atom. The highest BCUT2D eigenvalue weighted by molar-refractivity contribution is 6.42. The molecule has 0 atom stereocenters. The van der Waals surface area contributed by atoms with Crippen molar-refractivity contribution in [1.82, 2.24) is 19.6 Å². The summed E-state index contributed by atoms with van der Waals surface area (Å²) in [6.45, 7) is 4.70. The molecular weight excluding hydrogens is 504 g/mol. The number of amides is 1. The number of hydrogen-bond donors (Lipinski definition) is 1. The average molecular weight is 523 g/mol. The van der Waals surface area contributed by atoms with Crippen LogP contribution in [0.2, 0.25) is 20.1 Å². The summed E-state index contributed by atoms with van der Waals surface area (Å²) in [7, 11) is 0. The normalized spacial score (nSPS) is 11.1. The van der Waals surface area contributed by atoms with E-state index in [-0.39, 0.29) is 11.7 Å². The standard InChI is InChI=1S/C23H19Cl4N5O/c1-13-21(27)14(2)32(29-13)11-15-4-3-5-17(8-15)23(33)28-22-20(26)12-31(30-22)10-16-6-7-18(24)19(25)9-16/h3-9,12H,10-11H2,1-2H3,(H,28,30,33). The Morgan fingerprint density at radius 3 is 2.36 bits per heavy atom. The van der Waals surface area contributed by atoms with E-state index in [1.807, 2.05) is 36.7 Å². The molecule has 0 aliphatic rings. The minimum atomic E-state index is -0.315. The Kier molecular flexibility index (Phi) is 7.00. The van der Waals surface area contributed by atoms with Gasteiger partial charge < -0.3 is 5.32 Å². The molecule has 0 fully saturated rings. The number of halogens is 4. The molecule has 0 radical (unpaired) electrons. The molecule has 1 amide bonds. The average Bonchev–Trinajstić information content (AvgIpc) is 3.24. The van der Waals surface area contributed by atoms with Crippen molar-refractivity contribution in [3.8, 4) is 0 Å². The van der Waals surface area contributed by atoms with Crippen molar-refractivity contribution in [1.29, 1.82) is 0 Å². The predicted octanol–water partition coefficient (Wildman–Crippen LogP) is 6.66. The minimum Gasteiger partial charge on any atom is -0.304 e. The number of carbonyl (C=O) groups is 1. The highest BCUT2D eigenvalue weighted by atomic mass is 35.5. The van der Waals surface area contributed by atoms with Crippen molar-refractivity contribution in [2.45, 2.75) is 26.9 Å². The molecule has 2 heterocycles. The molecule has 1 N–H and O–H groups in total. The number of anilines is 1. The topological polar surface area (TPSA) is 64.7 Å². The van der Waals surface area contributed by atoms with Gasteiger partial charge in [-0.05, 0) is 49.2 Å². The first-order chi connectivity index (χ1) is 15.7. The molecular formula is C23H19Cl4N5O. The van der Waals surface area contributed by atoms with Crippen LogP contribution in [0.25, 0.3) is 0 Å². The molecule has 10 heteroatoms. The summed E-state index contributed by atoms with van der Waals surface area (Å²) in [5, 5.41) is 13.5. The third-order valence-electron chi connectivity index (χ3n) is 5.09. The Hall–Kier alpha value is -2.51. The van der Waals surface area contributed by atoms with Gasteiger partial charge in [0.1, 0.15) is 5.02 Å². The maximum absolute atomic E-state index is 12.9. The first-order valence-corrected chi connectivity index (χ1v) is 11.5. The van der Waals surface area contributed by atoms with Crippen LogP contribution in [-0.2, 0) is 13.1 Å². The van der Waals surface area contributed by atoms with E-state index in [1.165, 1.54) is 0 Å². The lowest BCUT2D eigenvalue weighted by Gasteiger charge is -2.08. The van der Waals surface area contributed by atoms with Gasteiger partial charge in [-0.15, -0.1) is 0 Å². The second-order valence-electron chi connectivity index (χ2n) is 7.57. The molecule has 0 saturated carbocycles. The summed E-state index contributed by atoms with van der Waals surface area (Å²) in [5.74, 6) is -0.0394. The van der Waals surface area contributed by atoms with Crippen LogP contribution in [0.15, 0.2) is 48.7 Å². The van der Waals surface area contributed by atoms with Gasteiger partial charge in [-0.25, -0.2) is 0 Å². The van der Waals surface area contributed by atoms with Crippen LogP contribution in [-0.4, -0.2) is 25.5 Å². The molecule has 2 aromatic carbocycles. The first-order valence-electron chi connectivity index (χ1n) is 9.98. The Labute approximate surface area is 211 Å². The first kappa shape index (κ1) is 23.6. The van der Waals surface area contributed by atoms with E-state index in [9.17, 15) is 4.79 Å². The zero-order chi connectivity index (χ0) is 23.7. The van der Waals surface area contributed by atoms with Crippen LogP contribution >= 0.6 is 46.4 Å². The van der Waals surface area contributed by atoms with E-state index in [2.05, 4.69) is 15.5 Å². The van der Waals surface area contributed by atoms with Crippen LogP contribution in [0.3, 0.4) is 0 Å². The van der Waals surface area contributed by atoms with Crippen molar-refractivity contribution in [3.05, 3.63) is 96.8 Å². The molecule has 0 spiro atoms. The molecule has 170 valence electrons. The number of aryl methyl sites for hydroxylation is 1. The number of nitrogens with zero attached hydrogens (tertiary/aromatic N) is 4. The Balaban J connectivity index is 1.47. The maximum atomic E-state index is 12.9. The zero-order valence-corrected chi connectivity index (χ0v) is 20.8. The quantitative estimate of drug-likeness (QED) is 0.308. The van der Waals surface area contributed by atoms with Gasteiger partial charge in [0, 0.05) is 11.8 Å². The summed E-state index contributed by atoms with van der Waals surface area (Å²) in [4.78, 5) is 12.9. The van der Waals surface area contributed by atoms with Crippen molar-refractivity contribution in [3.63, 3.8) is 0 Å². The van der Waals surface area contributed by atoms with Crippen molar-refractivity contribution >= 4 is 58.1 Å². The third-order valence-corrected chi connectivity index (χ3v) is 6.65. The molecule has 4 rings (SSSR count). The summed E-state index contributed by atoms with van der Waals surface area (Å²) in [5.41, 5.74) is 3.95. The van der Waals surface area contributed by atoms with Crippen LogP contribution < -0.4 is 5.32 Å². The van der Waals surface area contributed by atoms with Crippen LogP contribution in [0.5, 0.6) is 0 Å². The van der Waals surface area contributed by atoms with E-state index < -0.39 is 0 Å². The predicted molar refractivity (Wildman–Crippen MR) is 133 cm³/mol. The van der Waals surface area contributed by atoms with Gasteiger partial charge >= 0.3 is 0 Å². The monoisotopic (exact) mass is 521 g/mol. The number of rotatable bonds is 6. The van der Waals surface area contributed by atoms with Gasteiger partial charge in [-0.1, -0.05) is 64.6 Å².